The third-order valence-corrected chi connectivity index (χ3v) is 5.66. The number of sulfonamides is 1. The van der Waals surface area contributed by atoms with E-state index in [4.69, 9.17) is 5.73 Å². The van der Waals surface area contributed by atoms with Gasteiger partial charge in [-0.1, -0.05) is 0 Å². The lowest BCUT2D eigenvalue weighted by Crippen LogP contribution is -2.31. The lowest BCUT2D eigenvalue weighted by molar-refractivity contribution is 0.391. The lowest BCUT2D eigenvalue weighted by Gasteiger charge is -2.23. The van der Waals surface area contributed by atoms with Crippen LogP contribution in [0.5, 0.6) is 0 Å². The molecule has 0 saturated carbocycles. The average Bonchev–Trinajstić information content (AvgIpc) is 3.11. The van der Waals surface area contributed by atoms with Gasteiger partial charge in [0.25, 0.3) is 0 Å². The molecule has 0 bridgehead atoms. The van der Waals surface area contributed by atoms with Gasteiger partial charge >= 0.3 is 0 Å². The minimum absolute atomic E-state index is 0.0276. The molecule has 1 unspecified atom stereocenters. The summed E-state index contributed by atoms with van der Waals surface area (Å²) in [4.78, 5) is 3.09. The van der Waals surface area contributed by atoms with Crippen LogP contribution in [0.1, 0.15) is 24.6 Å². The summed E-state index contributed by atoms with van der Waals surface area (Å²) in [6, 6.07) is 7.02. The van der Waals surface area contributed by atoms with Gasteiger partial charge in [-0.05, 0) is 43.2 Å². The van der Waals surface area contributed by atoms with Crippen LogP contribution in [0.2, 0.25) is 0 Å². The van der Waals surface area contributed by atoms with Gasteiger partial charge in [0.15, 0.2) is 0 Å². The molecule has 3 N–H and O–H groups in total. The van der Waals surface area contributed by atoms with Gasteiger partial charge in [-0.3, -0.25) is 0 Å². The Kier molecular flexibility index (Phi) is 3.46. The molecule has 21 heavy (non-hydrogen) atoms. The Labute approximate surface area is 122 Å². The van der Waals surface area contributed by atoms with Crippen LogP contribution >= 0.6 is 0 Å². The first-order chi connectivity index (χ1) is 10.00. The smallest absolute Gasteiger partial charge is 0.243 e. The summed E-state index contributed by atoms with van der Waals surface area (Å²) in [6.07, 6.45) is 3.32. The second kappa shape index (κ2) is 5.16. The minimum Gasteiger partial charge on any atom is -0.396 e. The zero-order valence-electron chi connectivity index (χ0n) is 11.3. The number of nitrogens with one attached hydrogen (secondary N) is 1. The van der Waals surface area contributed by atoms with E-state index in [0.29, 0.717) is 6.54 Å². The number of nitrogens with zero attached hydrogens (tertiary/aromatic N) is 1. The topological polar surface area (TPSA) is 79.2 Å². The van der Waals surface area contributed by atoms with Gasteiger partial charge in [0, 0.05) is 18.4 Å². The number of aromatic nitrogens is 1. The van der Waals surface area contributed by atoms with Crippen molar-refractivity contribution < 1.29 is 12.8 Å². The van der Waals surface area contributed by atoms with E-state index in [0.717, 1.165) is 24.6 Å². The number of rotatable bonds is 3. The highest BCUT2D eigenvalue weighted by Gasteiger charge is 2.36. The molecule has 1 atom stereocenters. The Morgan fingerprint density at radius 1 is 1.33 bits per heavy atom. The summed E-state index contributed by atoms with van der Waals surface area (Å²) in [7, 11) is -3.69. The molecule has 0 spiro atoms. The Morgan fingerprint density at radius 2 is 2.14 bits per heavy atom. The summed E-state index contributed by atoms with van der Waals surface area (Å²) < 4.78 is 40.2. The standard InChI is InChI=1S/C14H16FN3O2S/c15-11-6-5-10(9-12(11)16)21(19,20)18-8-2-4-14(18)13-3-1-7-17-13/h1,3,5-7,9,14,17H,2,4,8,16H2. The van der Waals surface area contributed by atoms with Crippen LogP contribution in [0, 0.1) is 5.82 Å². The quantitative estimate of drug-likeness (QED) is 0.854. The summed E-state index contributed by atoms with van der Waals surface area (Å²) in [5, 5.41) is 0. The van der Waals surface area contributed by atoms with E-state index in [-0.39, 0.29) is 16.6 Å². The van der Waals surface area contributed by atoms with Crippen molar-refractivity contribution in [2.24, 2.45) is 0 Å². The molecule has 0 radical (unpaired) electrons. The highest BCUT2D eigenvalue weighted by Crippen LogP contribution is 2.36. The van der Waals surface area contributed by atoms with Crippen molar-refractivity contribution in [3.63, 3.8) is 0 Å². The number of nitrogens with two attached hydrogens (primary N) is 1. The fraction of sp³-hybridized carbons (Fsp3) is 0.286. The SMILES string of the molecule is Nc1cc(S(=O)(=O)N2CCCC2c2ccc[nH]2)ccc1F. The number of hydrogen-bond donors (Lipinski definition) is 2. The summed E-state index contributed by atoms with van der Waals surface area (Å²) >= 11 is 0. The maximum atomic E-state index is 13.2. The Bertz CT molecular complexity index is 744. The molecule has 112 valence electrons. The molecule has 1 aliphatic rings. The number of hydrogen-bond acceptors (Lipinski definition) is 3. The molecule has 3 rings (SSSR count). The first kappa shape index (κ1) is 14.1. The van der Waals surface area contributed by atoms with E-state index in [1.165, 1.54) is 16.4 Å². The third-order valence-electron chi connectivity index (χ3n) is 3.76. The summed E-state index contributed by atoms with van der Waals surface area (Å²) in [5.74, 6) is -0.615. The first-order valence-corrected chi connectivity index (χ1v) is 8.14. The van der Waals surface area contributed by atoms with Crippen LogP contribution in [0.3, 0.4) is 0 Å². The fourth-order valence-electron chi connectivity index (χ4n) is 2.71. The van der Waals surface area contributed by atoms with Crippen LogP contribution in [0.4, 0.5) is 10.1 Å². The van der Waals surface area contributed by atoms with E-state index >= 15 is 0 Å². The van der Waals surface area contributed by atoms with Gasteiger partial charge in [0.1, 0.15) is 5.82 Å². The molecule has 1 saturated heterocycles. The number of H-pyrrole nitrogens is 1. The molecule has 1 aliphatic heterocycles. The van der Waals surface area contributed by atoms with Crippen LogP contribution in [-0.2, 0) is 10.0 Å². The second-order valence-electron chi connectivity index (χ2n) is 5.08. The predicted molar refractivity (Wildman–Crippen MR) is 77.5 cm³/mol. The van der Waals surface area contributed by atoms with Crippen molar-refractivity contribution in [3.8, 4) is 0 Å². The zero-order valence-corrected chi connectivity index (χ0v) is 12.1. The molecule has 7 heteroatoms. The predicted octanol–water partition coefficient (Wildman–Crippen LogP) is 2.26. The van der Waals surface area contributed by atoms with Crippen LogP contribution in [-0.4, -0.2) is 24.3 Å². The van der Waals surface area contributed by atoms with Gasteiger partial charge in [-0.25, -0.2) is 12.8 Å². The number of benzene rings is 1. The summed E-state index contributed by atoms with van der Waals surface area (Å²) in [5.41, 5.74) is 6.19. The van der Waals surface area contributed by atoms with Crippen molar-refractivity contribution >= 4 is 15.7 Å². The Morgan fingerprint density at radius 3 is 2.81 bits per heavy atom. The maximum absolute atomic E-state index is 13.2. The average molecular weight is 309 g/mol. The number of aromatic amines is 1. The molecular formula is C14H16FN3O2S. The van der Waals surface area contributed by atoms with Gasteiger partial charge < -0.3 is 10.7 Å². The Balaban J connectivity index is 1.99. The normalized spacial score (nSPS) is 20.0. The Hall–Kier alpha value is -1.86. The monoisotopic (exact) mass is 309 g/mol. The first-order valence-electron chi connectivity index (χ1n) is 6.70. The molecule has 0 amide bonds. The molecule has 1 aromatic heterocycles. The largest absolute Gasteiger partial charge is 0.396 e. The number of anilines is 1. The zero-order chi connectivity index (χ0) is 15.0. The van der Waals surface area contributed by atoms with E-state index in [2.05, 4.69) is 4.98 Å². The van der Waals surface area contributed by atoms with Crippen molar-refractivity contribution in [1.82, 2.24) is 9.29 Å². The highest BCUT2D eigenvalue weighted by atomic mass is 32.2. The number of nitrogen functional groups attached to an aromatic ring is 1. The van der Waals surface area contributed by atoms with Crippen molar-refractivity contribution in [2.75, 3.05) is 12.3 Å². The highest BCUT2D eigenvalue weighted by molar-refractivity contribution is 7.89. The van der Waals surface area contributed by atoms with Crippen molar-refractivity contribution in [3.05, 3.63) is 48.0 Å². The lowest BCUT2D eigenvalue weighted by atomic mass is 10.2. The van der Waals surface area contributed by atoms with Gasteiger partial charge in [-0.2, -0.15) is 4.31 Å². The second-order valence-corrected chi connectivity index (χ2v) is 6.97. The molecule has 1 fully saturated rings. The van der Waals surface area contributed by atoms with Crippen molar-refractivity contribution in [2.45, 2.75) is 23.8 Å². The van der Waals surface area contributed by atoms with Crippen LogP contribution in [0.15, 0.2) is 41.4 Å². The fourth-order valence-corrected chi connectivity index (χ4v) is 4.42. The van der Waals surface area contributed by atoms with Crippen LogP contribution < -0.4 is 5.73 Å². The summed E-state index contributed by atoms with van der Waals surface area (Å²) in [6.45, 7) is 0.448. The molecular weight excluding hydrogens is 293 g/mol. The van der Waals surface area contributed by atoms with Gasteiger partial charge in [0.05, 0.1) is 16.6 Å². The minimum atomic E-state index is -3.69. The molecule has 2 heterocycles. The van der Waals surface area contributed by atoms with E-state index in [1.54, 1.807) is 6.20 Å². The maximum Gasteiger partial charge on any atom is 0.243 e. The van der Waals surface area contributed by atoms with Gasteiger partial charge in [0.2, 0.25) is 10.0 Å². The van der Waals surface area contributed by atoms with E-state index in [1.807, 2.05) is 12.1 Å². The van der Waals surface area contributed by atoms with Crippen molar-refractivity contribution in [1.29, 1.82) is 0 Å². The molecule has 1 aromatic carbocycles. The van der Waals surface area contributed by atoms with Gasteiger partial charge in [-0.15, -0.1) is 0 Å². The number of halogens is 1. The molecule has 2 aromatic rings. The van der Waals surface area contributed by atoms with Crippen LogP contribution in [0.25, 0.3) is 0 Å². The third kappa shape index (κ3) is 2.43. The molecule has 0 aliphatic carbocycles. The van der Waals surface area contributed by atoms with E-state index < -0.39 is 15.8 Å². The molecule has 5 nitrogen and oxygen atoms in total. The van der Waals surface area contributed by atoms with E-state index in [9.17, 15) is 12.8 Å².